The van der Waals surface area contributed by atoms with E-state index in [0.29, 0.717) is 5.92 Å². The average Bonchev–Trinajstić information content (AvgIpc) is 2.27. The molecule has 3 heteroatoms. The van der Waals surface area contributed by atoms with Gasteiger partial charge in [0, 0.05) is 29.4 Å². The Bertz CT molecular complexity index is 576. The summed E-state index contributed by atoms with van der Waals surface area (Å²) in [6, 6.07) is 5.14. The van der Waals surface area contributed by atoms with Crippen molar-refractivity contribution in [3.63, 3.8) is 0 Å². The molecule has 0 aliphatic carbocycles. The zero-order valence-electron chi connectivity index (χ0n) is 11.3. The Morgan fingerprint density at radius 3 is 2.61 bits per heavy atom. The van der Waals surface area contributed by atoms with Crippen molar-refractivity contribution >= 4 is 16.6 Å². The van der Waals surface area contributed by atoms with Gasteiger partial charge >= 0.3 is 0 Å². The van der Waals surface area contributed by atoms with Gasteiger partial charge in [0.2, 0.25) is 0 Å². The van der Waals surface area contributed by atoms with Crippen LogP contribution in [-0.4, -0.2) is 11.5 Å². The number of hydrogen-bond acceptors (Lipinski definition) is 2. The summed E-state index contributed by atoms with van der Waals surface area (Å²) in [5, 5.41) is 4.36. The second-order valence-electron chi connectivity index (χ2n) is 4.90. The molecule has 0 aliphatic heterocycles. The molecule has 1 N–H and O–H groups in total. The molecule has 1 aromatic heterocycles. The Hall–Kier alpha value is -1.64. The first-order valence-electron chi connectivity index (χ1n) is 6.37. The number of aryl methyl sites for hydroxylation is 1. The normalized spacial score (nSPS) is 11.2. The second kappa shape index (κ2) is 4.92. The molecule has 0 saturated heterocycles. The van der Waals surface area contributed by atoms with Crippen molar-refractivity contribution in [3.05, 3.63) is 35.3 Å². The van der Waals surface area contributed by atoms with Gasteiger partial charge in [0.15, 0.2) is 0 Å². The molecular weight excluding hydrogens is 227 g/mol. The van der Waals surface area contributed by atoms with Gasteiger partial charge in [-0.05, 0) is 37.5 Å². The minimum atomic E-state index is -0.226. The summed E-state index contributed by atoms with van der Waals surface area (Å²) in [7, 11) is 0. The number of nitrogens with one attached hydrogen (secondary N) is 1. The summed E-state index contributed by atoms with van der Waals surface area (Å²) >= 11 is 0. The van der Waals surface area contributed by atoms with E-state index in [1.54, 1.807) is 6.07 Å². The van der Waals surface area contributed by atoms with Gasteiger partial charge in [-0.2, -0.15) is 0 Å². The third-order valence-electron chi connectivity index (χ3n) is 3.05. The predicted molar refractivity (Wildman–Crippen MR) is 74.7 cm³/mol. The van der Waals surface area contributed by atoms with Crippen LogP contribution in [0, 0.1) is 12.7 Å². The van der Waals surface area contributed by atoms with E-state index >= 15 is 0 Å². The summed E-state index contributed by atoms with van der Waals surface area (Å²) in [6.45, 7) is 9.00. The van der Waals surface area contributed by atoms with Crippen molar-refractivity contribution in [2.24, 2.45) is 0 Å². The number of pyridine rings is 1. The van der Waals surface area contributed by atoms with E-state index in [1.165, 1.54) is 6.07 Å². The van der Waals surface area contributed by atoms with Crippen molar-refractivity contribution in [3.8, 4) is 0 Å². The lowest BCUT2D eigenvalue weighted by Crippen LogP contribution is -2.03. The highest BCUT2D eigenvalue weighted by atomic mass is 19.1. The van der Waals surface area contributed by atoms with E-state index in [2.05, 4.69) is 37.1 Å². The molecular formula is C15H19FN2. The van der Waals surface area contributed by atoms with Gasteiger partial charge in [-0.15, -0.1) is 0 Å². The molecule has 0 fully saturated rings. The van der Waals surface area contributed by atoms with Crippen LogP contribution in [0.2, 0.25) is 0 Å². The van der Waals surface area contributed by atoms with Crippen LogP contribution in [0.25, 0.3) is 10.9 Å². The summed E-state index contributed by atoms with van der Waals surface area (Å²) in [4.78, 5) is 4.56. The first kappa shape index (κ1) is 12.8. The summed E-state index contributed by atoms with van der Waals surface area (Å²) < 4.78 is 13.5. The van der Waals surface area contributed by atoms with Gasteiger partial charge in [0.1, 0.15) is 5.82 Å². The van der Waals surface area contributed by atoms with E-state index in [9.17, 15) is 4.39 Å². The second-order valence-corrected chi connectivity index (χ2v) is 4.90. The molecule has 0 amide bonds. The maximum atomic E-state index is 13.5. The van der Waals surface area contributed by atoms with Gasteiger partial charge in [-0.1, -0.05) is 13.8 Å². The van der Waals surface area contributed by atoms with Crippen LogP contribution in [-0.2, 0) is 0 Å². The molecule has 1 heterocycles. The predicted octanol–water partition coefficient (Wildman–Crippen LogP) is 4.24. The van der Waals surface area contributed by atoms with E-state index in [1.807, 2.05) is 6.92 Å². The third-order valence-corrected chi connectivity index (χ3v) is 3.05. The summed E-state index contributed by atoms with van der Waals surface area (Å²) in [6.07, 6.45) is 0. The van der Waals surface area contributed by atoms with Crippen molar-refractivity contribution in [1.82, 2.24) is 4.98 Å². The van der Waals surface area contributed by atoms with E-state index in [-0.39, 0.29) is 5.82 Å². The van der Waals surface area contributed by atoms with E-state index in [0.717, 1.165) is 34.4 Å². The van der Waals surface area contributed by atoms with Gasteiger partial charge < -0.3 is 5.32 Å². The van der Waals surface area contributed by atoms with Crippen molar-refractivity contribution in [1.29, 1.82) is 0 Å². The number of halogens is 1. The number of aromatic nitrogens is 1. The molecule has 0 radical (unpaired) electrons. The highest BCUT2D eigenvalue weighted by Crippen LogP contribution is 2.29. The third kappa shape index (κ3) is 2.30. The number of anilines is 1. The molecule has 2 aromatic rings. The molecule has 0 spiro atoms. The van der Waals surface area contributed by atoms with Crippen LogP contribution >= 0.6 is 0 Å². The lowest BCUT2D eigenvalue weighted by Gasteiger charge is -2.14. The fourth-order valence-electron chi connectivity index (χ4n) is 2.18. The maximum absolute atomic E-state index is 13.5. The zero-order valence-corrected chi connectivity index (χ0v) is 11.3. The minimum absolute atomic E-state index is 0.226. The van der Waals surface area contributed by atoms with Gasteiger partial charge in [0.25, 0.3) is 0 Å². The SMILES string of the molecule is CCNc1cc(C(C)C)nc2cc(F)cc(C)c12. The molecule has 96 valence electrons. The van der Waals surface area contributed by atoms with Crippen LogP contribution in [0.5, 0.6) is 0 Å². The highest BCUT2D eigenvalue weighted by Gasteiger charge is 2.11. The number of nitrogens with zero attached hydrogens (tertiary/aromatic N) is 1. The Labute approximate surface area is 107 Å². The van der Waals surface area contributed by atoms with Crippen LogP contribution in [0.4, 0.5) is 10.1 Å². The zero-order chi connectivity index (χ0) is 13.3. The molecule has 0 unspecified atom stereocenters. The standard InChI is InChI=1S/C15H19FN2/c1-5-17-13-8-12(9(2)3)18-14-7-11(16)6-10(4)15(13)14/h6-9H,5H2,1-4H3,(H,17,18). The number of benzene rings is 1. The van der Waals surface area contributed by atoms with Crippen LogP contribution in [0.1, 0.15) is 37.9 Å². The lowest BCUT2D eigenvalue weighted by molar-refractivity contribution is 0.628. The average molecular weight is 246 g/mol. The monoisotopic (exact) mass is 246 g/mol. The number of fused-ring (bicyclic) bond motifs is 1. The summed E-state index contributed by atoms with van der Waals surface area (Å²) in [5.41, 5.74) is 3.69. The Morgan fingerprint density at radius 2 is 2.00 bits per heavy atom. The quantitative estimate of drug-likeness (QED) is 0.876. The first-order valence-corrected chi connectivity index (χ1v) is 6.37. The maximum Gasteiger partial charge on any atom is 0.125 e. The largest absolute Gasteiger partial charge is 0.385 e. The highest BCUT2D eigenvalue weighted by molar-refractivity contribution is 5.94. The van der Waals surface area contributed by atoms with Crippen LogP contribution in [0.3, 0.4) is 0 Å². The minimum Gasteiger partial charge on any atom is -0.385 e. The van der Waals surface area contributed by atoms with Gasteiger partial charge in [-0.3, -0.25) is 4.98 Å². The van der Waals surface area contributed by atoms with E-state index < -0.39 is 0 Å². The fraction of sp³-hybridized carbons (Fsp3) is 0.400. The Morgan fingerprint density at radius 1 is 1.28 bits per heavy atom. The molecule has 0 saturated carbocycles. The molecule has 0 atom stereocenters. The molecule has 1 aromatic carbocycles. The molecule has 0 bridgehead atoms. The van der Waals surface area contributed by atoms with Crippen LogP contribution < -0.4 is 5.32 Å². The summed E-state index contributed by atoms with van der Waals surface area (Å²) in [5.74, 6) is 0.103. The molecule has 2 rings (SSSR count). The molecule has 2 nitrogen and oxygen atoms in total. The Kier molecular flexibility index (Phi) is 3.50. The smallest absolute Gasteiger partial charge is 0.125 e. The first-order chi connectivity index (χ1) is 8.52. The van der Waals surface area contributed by atoms with Gasteiger partial charge in [0.05, 0.1) is 5.52 Å². The Balaban J connectivity index is 2.76. The fourth-order valence-corrected chi connectivity index (χ4v) is 2.18. The topological polar surface area (TPSA) is 24.9 Å². The lowest BCUT2D eigenvalue weighted by atomic mass is 10.0. The van der Waals surface area contributed by atoms with Crippen molar-refractivity contribution in [2.75, 3.05) is 11.9 Å². The number of hydrogen-bond donors (Lipinski definition) is 1. The van der Waals surface area contributed by atoms with Gasteiger partial charge in [-0.25, -0.2) is 4.39 Å². The molecule has 0 aliphatic rings. The number of rotatable bonds is 3. The van der Waals surface area contributed by atoms with E-state index in [4.69, 9.17) is 0 Å². The van der Waals surface area contributed by atoms with Crippen LogP contribution in [0.15, 0.2) is 18.2 Å². The van der Waals surface area contributed by atoms with Crippen molar-refractivity contribution in [2.45, 2.75) is 33.6 Å². The molecule has 18 heavy (non-hydrogen) atoms. The van der Waals surface area contributed by atoms with Crippen molar-refractivity contribution < 1.29 is 4.39 Å².